The molecule has 0 N–H and O–H groups in total. The van der Waals surface area contributed by atoms with E-state index in [9.17, 15) is 4.79 Å². The molecule has 0 amide bonds. The van der Waals surface area contributed by atoms with Gasteiger partial charge < -0.3 is 9.47 Å². The van der Waals surface area contributed by atoms with Gasteiger partial charge in [-0.3, -0.25) is 4.79 Å². The molecule has 0 fully saturated rings. The monoisotopic (exact) mass is 240 g/mol. The van der Waals surface area contributed by atoms with E-state index in [0.717, 1.165) is 6.42 Å². The molecule has 0 saturated carbocycles. The molecule has 0 aromatic carbocycles. The molecule has 0 bridgehead atoms. The normalized spacial score (nSPS) is 20.6. The minimum atomic E-state index is -0.251. The number of allylic oxidation sites excluding steroid dienone is 1. The predicted octanol–water partition coefficient (Wildman–Crippen LogP) is 3.09. The Morgan fingerprint density at radius 3 is 2.76 bits per heavy atom. The topological polar surface area (TPSA) is 35.5 Å². The first-order valence-electron chi connectivity index (χ1n) is 6.37. The van der Waals surface area contributed by atoms with Gasteiger partial charge in [0.15, 0.2) is 0 Å². The molecule has 98 valence electrons. The molecule has 0 aromatic rings. The number of esters is 1. The zero-order chi connectivity index (χ0) is 12.9. The SMILES string of the molecule is CC(=O)OCCOC(C)C1=CC(C)(C)CCC1. The van der Waals surface area contributed by atoms with Gasteiger partial charge in [-0.25, -0.2) is 0 Å². The Balaban J connectivity index is 2.34. The van der Waals surface area contributed by atoms with Crippen LogP contribution in [0.5, 0.6) is 0 Å². The average Bonchev–Trinajstić information content (AvgIpc) is 2.22. The lowest BCUT2D eigenvalue weighted by molar-refractivity contribution is -0.142. The Bertz CT molecular complexity index is 292. The molecular weight excluding hydrogens is 216 g/mol. The third-order valence-electron chi connectivity index (χ3n) is 3.14. The Hall–Kier alpha value is -0.830. The van der Waals surface area contributed by atoms with Gasteiger partial charge in [-0.2, -0.15) is 0 Å². The molecule has 0 radical (unpaired) electrons. The molecule has 3 nitrogen and oxygen atoms in total. The van der Waals surface area contributed by atoms with Gasteiger partial charge in [-0.05, 0) is 37.2 Å². The maximum absolute atomic E-state index is 10.6. The summed E-state index contributed by atoms with van der Waals surface area (Å²) >= 11 is 0. The summed E-state index contributed by atoms with van der Waals surface area (Å²) in [5.41, 5.74) is 1.67. The van der Waals surface area contributed by atoms with Crippen LogP contribution in [0.3, 0.4) is 0 Å². The summed E-state index contributed by atoms with van der Waals surface area (Å²) in [6.07, 6.45) is 6.07. The van der Waals surface area contributed by atoms with Crippen LogP contribution in [0.2, 0.25) is 0 Å². The van der Waals surface area contributed by atoms with Gasteiger partial charge in [0.1, 0.15) is 6.61 Å². The predicted molar refractivity (Wildman–Crippen MR) is 67.8 cm³/mol. The minimum absolute atomic E-state index is 0.130. The van der Waals surface area contributed by atoms with Crippen LogP contribution in [0.15, 0.2) is 11.6 Å². The first-order chi connectivity index (χ1) is 7.91. The van der Waals surface area contributed by atoms with E-state index in [4.69, 9.17) is 9.47 Å². The molecule has 1 atom stereocenters. The lowest BCUT2D eigenvalue weighted by Crippen LogP contribution is -2.22. The highest BCUT2D eigenvalue weighted by Gasteiger charge is 2.23. The molecule has 1 aliphatic carbocycles. The quantitative estimate of drug-likeness (QED) is 0.421. The highest BCUT2D eigenvalue weighted by molar-refractivity contribution is 5.65. The van der Waals surface area contributed by atoms with Gasteiger partial charge >= 0.3 is 5.97 Å². The molecular formula is C14H24O3. The van der Waals surface area contributed by atoms with Gasteiger partial charge in [-0.1, -0.05) is 19.9 Å². The van der Waals surface area contributed by atoms with Crippen LogP contribution >= 0.6 is 0 Å². The van der Waals surface area contributed by atoms with Crippen LogP contribution in [0.4, 0.5) is 0 Å². The van der Waals surface area contributed by atoms with Crippen molar-refractivity contribution in [1.82, 2.24) is 0 Å². The maximum atomic E-state index is 10.6. The Labute approximate surface area is 104 Å². The van der Waals surface area contributed by atoms with Gasteiger partial charge in [0.2, 0.25) is 0 Å². The lowest BCUT2D eigenvalue weighted by atomic mass is 9.78. The summed E-state index contributed by atoms with van der Waals surface area (Å²) in [6, 6.07) is 0. The standard InChI is InChI=1S/C14H24O3/c1-11(16-8-9-17-12(2)15)13-6-5-7-14(3,4)10-13/h10-11H,5-9H2,1-4H3. The lowest BCUT2D eigenvalue weighted by Gasteiger charge is -2.30. The van der Waals surface area contributed by atoms with Gasteiger partial charge in [0.05, 0.1) is 12.7 Å². The smallest absolute Gasteiger partial charge is 0.302 e. The summed E-state index contributed by atoms with van der Waals surface area (Å²) in [7, 11) is 0. The summed E-state index contributed by atoms with van der Waals surface area (Å²) in [6.45, 7) is 8.82. The van der Waals surface area contributed by atoms with Gasteiger partial charge in [-0.15, -0.1) is 0 Å². The first-order valence-corrected chi connectivity index (χ1v) is 6.37. The van der Waals surface area contributed by atoms with Gasteiger partial charge in [0, 0.05) is 6.92 Å². The molecule has 1 rings (SSSR count). The van der Waals surface area contributed by atoms with E-state index >= 15 is 0 Å². The van der Waals surface area contributed by atoms with E-state index < -0.39 is 0 Å². The average molecular weight is 240 g/mol. The zero-order valence-corrected chi connectivity index (χ0v) is 11.4. The first kappa shape index (κ1) is 14.2. The van der Waals surface area contributed by atoms with Crippen molar-refractivity contribution in [3.8, 4) is 0 Å². The van der Waals surface area contributed by atoms with Crippen molar-refractivity contribution < 1.29 is 14.3 Å². The molecule has 0 aliphatic heterocycles. The third kappa shape index (κ3) is 5.35. The van der Waals surface area contributed by atoms with Crippen LogP contribution in [0.25, 0.3) is 0 Å². The molecule has 0 aromatic heterocycles. The number of ether oxygens (including phenoxy) is 2. The summed E-state index contributed by atoms with van der Waals surface area (Å²) in [5.74, 6) is -0.251. The van der Waals surface area contributed by atoms with Crippen LogP contribution in [-0.4, -0.2) is 25.3 Å². The van der Waals surface area contributed by atoms with Crippen molar-refractivity contribution >= 4 is 5.97 Å². The van der Waals surface area contributed by atoms with E-state index in [-0.39, 0.29) is 12.1 Å². The second kappa shape index (κ2) is 6.20. The van der Waals surface area contributed by atoms with E-state index in [1.54, 1.807) is 0 Å². The Morgan fingerprint density at radius 2 is 2.18 bits per heavy atom. The van der Waals surface area contributed by atoms with E-state index in [1.165, 1.54) is 25.3 Å². The fraction of sp³-hybridized carbons (Fsp3) is 0.786. The summed E-state index contributed by atoms with van der Waals surface area (Å²) < 4.78 is 10.5. The molecule has 0 spiro atoms. The van der Waals surface area contributed by atoms with Crippen LogP contribution in [0.1, 0.15) is 47.0 Å². The fourth-order valence-electron chi connectivity index (χ4n) is 2.23. The van der Waals surface area contributed by atoms with Gasteiger partial charge in [0.25, 0.3) is 0 Å². The van der Waals surface area contributed by atoms with Crippen molar-refractivity contribution in [2.75, 3.05) is 13.2 Å². The van der Waals surface area contributed by atoms with E-state index in [2.05, 4.69) is 26.8 Å². The van der Waals surface area contributed by atoms with E-state index in [0.29, 0.717) is 18.6 Å². The van der Waals surface area contributed by atoms with E-state index in [1.807, 2.05) is 0 Å². The molecule has 17 heavy (non-hydrogen) atoms. The minimum Gasteiger partial charge on any atom is -0.463 e. The second-order valence-corrected chi connectivity index (χ2v) is 5.41. The van der Waals surface area contributed by atoms with Crippen molar-refractivity contribution in [3.05, 3.63) is 11.6 Å². The highest BCUT2D eigenvalue weighted by atomic mass is 16.6. The fourth-order valence-corrected chi connectivity index (χ4v) is 2.23. The molecule has 0 heterocycles. The number of carbonyl (C=O) groups excluding carboxylic acids is 1. The highest BCUT2D eigenvalue weighted by Crippen LogP contribution is 2.34. The molecule has 1 aliphatic rings. The van der Waals surface area contributed by atoms with Crippen LogP contribution in [0, 0.1) is 5.41 Å². The summed E-state index contributed by atoms with van der Waals surface area (Å²) in [4.78, 5) is 10.6. The summed E-state index contributed by atoms with van der Waals surface area (Å²) in [5, 5.41) is 0. The molecule has 1 unspecified atom stereocenters. The number of hydrogen-bond acceptors (Lipinski definition) is 3. The molecule has 3 heteroatoms. The largest absolute Gasteiger partial charge is 0.463 e. The second-order valence-electron chi connectivity index (χ2n) is 5.41. The Kier molecular flexibility index (Phi) is 5.19. The van der Waals surface area contributed by atoms with Crippen molar-refractivity contribution in [2.24, 2.45) is 5.41 Å². The number of hydrogen-bond donors (Lipinski definition) is 0. The zero-order valence-electron chi connectivity index (χ0n) is 11.4. The Morgan fingerprint density at radius 1 is 1.47 bits per heavy atom. The number of rotatable bonds is 5. The maximum Gasteiger partial charge on any atom is 0.302 e. The van der Waals surface area contributed by atoms with Crippen LogP contribution in [-0.2, 0) is 14.3 Å². The molecule has 0 saturated heterocycles. The third-order valence-corrected chi connectivity index (χ3v) is 3.14. The van der Waals surface area contributed by atoms with Crippen LogP contribution < -0.4 is 0 Å². The van der Waals surface area contributed by atoms with Crippen molar-refractivity contribution in [3.63, 3.8) is 0 Å². The van der Waals surface area contributed by atoms with Crippen molar-refractivity contribution in [1.29, 1.82) is 0 Å². The van der Waals surface area contributed by atoms with Crippen molar-refractivity contribution in [2.45, 2.75) is 53.1 Å². The number of carbonyl (C=O) groups is 1.